The first-order valence-corrected chi connectivity index (χ1v) is 41.8. The monoisotopic (exact) mass is 1710 g/mol. The van der Waals surface area contributed by atoms with E-state index in [-0.39, 0.29) is 118 Å². The standard InChI is InChI=1S/C91H95N9O23S/c1-100(2,51-57-34-58(53-118-81-43-73-71(41-79(81)113-3)89(109)98-47-65-14-7-5-12-60(65)38-68(98)45-93-73)36-59(35-57)54-119-82-44-74-72(42-80(82)114-4)90(110)99-48-66-15-8-6-13-61(66)39-69(99)46-94-74)50-56-20-23-70(24-21-56)122-124(111,112)123-83-40-64(22-26-78(83)120-91-88(108)87(107)86(106)84(52-101)121-91)76(103)19-10-29-115-31-28-97-49-67(95-96-97)55-117-33-32-116-30-11-18-75(102)62-16-9-17-63(37-62)77(104)25-27-85(92)105/h5-9,12-17,20-27,34-37,40-46,49,68-69,84,86-88,91,101,106-108H,10-11,18-19,28-33,38-39,47-48,50-55H2,1-4H3,(H-,92,105)/p+1/b27-25+/t68-,69+,84-,86+,87+,88+,91?/m1/s1. The first kappa shape index (κ1) is 87.9. The summed E-state index contributed by atoms with van der Waals surface area (Å²) in [5.41, 5.74) is 15.6. The summed E-state index contributed by atoms with van der Waals surface area (Å²) in [7, 11) is 2.02. The van der Waals surface area contributed by atoms with Crippen molar-refractivity contribution in [1.29, 1.82) is 0 Å². The molecule has 1 fully saturated rings. The number of allylic oxidation sites excluding steroid dienone is 1. The summed E-state index contributed by atoms with van der Waals surface area (Å²) >= 11 is 0. The number of Topliss-reactive ketones (excluding diaryl/α,β-unsaturated/α-hetero) is 2. The summed E-state index contributed by atoms with van der Waals surface area (Å²) in [6.45, 7) is 2.71. The van der Waals surface area contributed by atoms with Crippen LogP contribution in [0.4, 0.5) is 11.4 Å². The van der Waals surface area contributed by atoms with Crippen LogP contribution in [-0.4, -0.2) is 216 Å². The van der Waals surface area contributed by atoms with E-state index >= 15 is 0 Å². The third kappa shape index (κ3) is 22.0. The van der Waals surface area contributed by atoms with E-state index in [4.69, 9.17) is 66.7 Å². The van der Waals surface area contributed by atoms with Crippen molar-refractivity contribution in [1.82, 2.24) is 24.8 Å². The molecule has 0 saturated carbocycles. The normalized spacial score (nSPS) is 18.3. The number of ketones is 3. The SMILES string of the molecule is COc1cc2c(cc1OCc1cc(COc3cc4c(cc3OC)C(=O)N3Cc5ccccc5C[C@@H]3C=N4)cc(C[N+](C)(C)Cc3ccc(OS(=O)(=O)Oc4cc(C(=O)CCCOCCn5cc(COCCOCCCC(=O)c6cccc(C(=O)/C=C/C(N)=O)c6)nn5)ccc4OC4O[C@H](CO)[C@H](O)[C@H](O)[C@@H]4O)cc3)c1)N=C[C@@H]1Cc3ccccc3CN1C2=O. The number of nitrogens with zero attached hydrogens (tertiary/aromatic N) is 8. The molecule has 0 aliphatic carbocycles. The van der Waals surface area contributed by atoms with Gasteiger partial charge in [-0.2, -0.15) is 0 Å². The topological polar surface area (TPSA) is 407 Å². The van der Waals surface area contributed by atoms with Gasteiger partial charge in [0.15, 0.2) is 51.8 Å². The zero-order chi connectivity index (χ0) is 87.2. The number of fused-ring (bicyclic) bond motifs is 6. The number of aliphatic imine (C=N–C) groups is 2. The predicted octanol–water partition coefficient (Wildman–Crippen LogP) is 8.78. The van der Waals surface area contributed by atoms with E-state index in [0.29, 0.717) is 120 Å². The Hall–Kier alpha value is -12.4. The highest BCUT2D eigenvalue weighted by atomic mass is 32.3. The van der Waals surface area contributed by atoms with Crippen LogP contribution in [-0.2, 0) is 99.5 Å². The number of carbonyl (C=O) groups excluding carboxylic acids is 6. The summed E-state index contributed by atoms with van der Waals surface area (Å²) < 4.78 is 94.6. The number of aliphatic hydroxyl groups excluding tert-OH is 4. The van der Waals surface area contributed by atoms with Gasteiger partial charge in [-0.3, -0.25) is 38.8 Å². The number of nitrogens with two attached hydrogens (primary N) is 1. The number of hydrogen-bond acceptors (Lipinski definition) is 27. The predicted molar refractivity (Wildman–Crippen MR) is 450 cm³/mol. The zero-order valence-electron chi connectivity index (χ0n) is 68.7. The van der Waals surface area contributed by atoms with E-state index in [0.717, 1.165) is 51.6 Å². The van der Waals surface area contributed by atoms with Crippen LogP contribution in [0.1, 0.15) is 128 Å². The van der Waals surface area contributed by atoms with E-state index in [2.05, 4.69) is 22.4 Å². The molecule has 33 heteroatoms. The number of carbonyl (C=O) groups is 6. The van der Waals surface area contributed by atoms with Crippen molar-refractivity contribution in [3.05, 3.63) is 254 Å². The highest BCUT2D eigenvalue weighted by Gasteiger charge is 2.46. The Morgan fingerprint density at radius 3 is 1.70 bits per heavy atom. The van der Waals surface area contributed by atoms with Crippen LogP contribution in [0.25, 0.3) is 0 Å². The van der Waals surface area contributed by atoms with Crippen LogP contribution in [0.2, 0.25) is 0 Å². The molecule has 9 aromatic rings. The van der Waals surface area contributed by atoms with Gasteiger partial charge < -0.3 is 91.4 Å². The van der Waals surface area contributed by atoms with Gasteiger partial charge in [0.1, 0.15) is 62.2 Å². The molecule has 1 saturated heterocycles. The Balaban J connectivity index is 0.600. The summed E-state index contributed by atoms with van der Waals surface area (Å²) in [6, 6.07) is 44.7. The molecule has 5 aliphatic rings. The number of quaternary nitrogens is 1. The first-order valence-electron chi connectivity index (χ1n) is 40.5. The molecule has 5 aliphatic heterocycles. The zero-order valence-corrected chi connectivity index (χ0v) is 69.5. The molecule has 0 spiro atoms. The molecule has 8 aromatic carbocycles. The maximum atomic E-state index is 14.3. The van der Waals surface area contributed by atoms with Crippen molar-refractivity contribution in [3.8, 4) is 40.2 Å². The Morgan fingerprint density at radius 1 is 0.556 bits per heavy atom. The van der Waals surface area contributed by atoms with Gasteiger partial charge in [-0.15, -0.1) is 13.5 Å². The number of ether oxygens (including phenoxy) is 9. The molecule has 6 heterocycles. The Morgan fingerprint density at radius 2 is 1.11 bits per heavy atom. The molecule has 14 rings (SSSR count). The smallest absolute Gasteiger partial charge is 0.493 e. The highest BCUT2D eigenvalue weighted by Crippen LogP contribution is 2.42. The van der Waals surface area contributed by atoms with Crippen LogP contribution in [0.5, 0.6) is 40.2 Å². The number of benzene rings is 8. The lowest BCUT2D eigenvalue weighted by molar-refractivity contribution is -0.916. The van der Waals surface area contributed by atoms with Crippen LogP contribution in [0.3, 0.4) is 0 Å². The number of amides is 3. The second-order valence-corrected chi connectivity index (χ2v) is 32.4. The lowest BCUT2D eigenvalue weighted by Crippen LogP contribution is -2.60. The summed E-state index contributed by atoms with van der Waals surface area (Å²) in [5.74, 6) is -1.84. The van der Waals surface area contributed by atoms with E-state index < -0.39 is 70.9 Å². The number of primary amides is 1. The van der Waals surface area contributed by atoms with Crippen molar-refractivity contribution in [2.45, 2.75) is 134 Å². The molecular weight excluding hydrogens is 1620 g/mol. The molecule has 6 N–H and O–H groups in total. The molecule has 1 aromatic heterocycles. The lowest BCUT2D eigenvalue weighted by Gasteiger charge is -2.39. The average Bonchev–Trinajstić information content (AvgIpc) is 1.64. The maximum absolute atomic E-state index is 14.3. The van der Waals surface area contributed by atoms with Crippen molar-refractivity contribution in [2.75, 3.05) is 68.0 Å². The van der Waals surface area contributed by atoms with E-state index in [1.54, 1.807) is 65.5 Å². The number of rotatable bonds is 40. The third-order valence-corrected chi connectivity index (χ3v) is 22.4. The minimum atomic E-state index is -5.08. The van der Waals surface area contributed by atoms with Crippen molar-refractivity contribution < 1.29 is 113 Å². The van der Waals surface area contributed by atoms with Gasteiger partial charge in [-0.25, -0.2) is 4.68 Å². The Kier molecular flexibility index (Phi) is 28.2. The number of aromatic nitrogens is 3. The number of methoxy groups -OCH3 is 2. The van der Waals surface area contributed by atoms with Gasteiger partial charge in [0.2, 0.25) is 12.2 Å². The first-order chi connectivity index (χ1) is 59.8. The largest absolute Gasteiger partial charge is 0.501 e. The van der Waals surface area contributed by atoms with E-state index in [9.17, 15) is 57.6 Å². The summed E-state index contributed by atoms with van der Waals surface area (Å²) in [4.78, 5) is 91.8. The molecule has 0 radical (unpaired) electrons. The Bertz CT molecular complexity index is 5480. The summed E-state index contributed by atoms with van der Waals surface area (Å²) in [6.07, 6.45) is 0.759. The molecule has 3 amide bonds. The average molecular weight is 1720 g/mol. The minimum absolute atomic E-state index is 0.0102. The Labute approximate surface area is 715 Å². The van der Waals surface area contributed by atoms with Gasteiger partial charge in [-0.05, 0) is 144 Å². The van der Waals surface area contributed by atoms with Crippen LogP contribution >= 0.6 is 0 Å². The minimum Gasteiger partial charge on any atom is -0.493 e. The fraction of sp³-hybridized carbons (Fsp3) is 0.341. The molecule has 0 bridgehead atoms. The van der Waals surface area contributed by atoms with Gasteiger partial charge in [-0.1, -0.05) is 71.9 Å². The van der Waals surface area contributed by atoms with Gasteiger partial charge in [0.05, 0.1) is 109 Å². The van der Waals surface area contributed by atoms with Crippen LogP contribution in [0, 0.1) is 0 Å². The fourth-order valence-corrected chi connectivity index (χ4v) is 16.1. The molecular formula is C91H96N9O23S+. The maximum Gasteiger partial charge on any atom is 0.501 e. The number of aliphatic hydroxyl groups is 4. The fourth-order valence-electron chi connectivity index (χ4n) is 15.4. The van der Waals surface area contributed by atoms with Crippen LogP contribution in [0.15, 0.2) is 186 Å². The molecule has 648 valence electrons. The molecule has 32 nitrogen and oxygen atoms in total. The van der Waals surface area contributed by atoms with E-state index in [1.165, 1.54) is 55.7 Å². The quantitative estimate of drug-likeness (QED) is 0.0104. The highest BCUT2D eigenvalue weighted by molar-refractivity contribution is 7.82. The third-order valence-electron chi connectivity index (χ3n) is 21.6. The number of hydrogen-bond donors (Lipinski definition) is 5. The van der Waals surface area contributed by atoms with E-state index in [1.807, 2.05) is 90.9 Å². The van der Waals surface area contributed by atoms with Gasteiger partial charge in [0, 0.05) is 97.6 Å². The van der Waals surface area contributed by atoms with Crippen LogP contribution < -0.4 is 37.8 Å². The second-order valence-electron chi connectivity index (χ2n) is 31.2. The molecule has 7 atom stereocenters. The van der Waals surface area contributed by atoms with Gasteiger partial charge >= 0.3 is 10.4 Å². The summed E-state index contributed by atoms with van der Waals surface area (Å²) in [5, 5.41) is 50.2. The van der Waals surface area contributed by atoms with Crippen molar-refractivity contribution in [3.63, 3.8) is 0 Å². The second kappa shape index (κ2) is 39.8. The van der Waals surface area contributed by atoms with Crippen molar-refractivity contribution >= 4 is 69.3 Å². The molecule has 1 unspecified atom stereocenters. The lowest BCUT2D eigenvalue weighted by atomic mass is 9.94. The molecule has 124 heavy (non-hydrogen) atoms. The van der Waals surface area contributed by atoms with Crippen molar-refractivity contribution in [2.24, 2.45) is 15.7 Å². The van der Waals surface area contributed by atoms with Gasteiger partial charge in [0.25, 0.3) is 11.8 Å².